The third kappa shape index (κ3) is 2.86. The van der Waals surface area contributed by atoms with Gasteiger partial charge in [0.1, 0.15) is 0 Å². The normalized spacial score (nSPS) is 24.1. The first-order chi connectivity index (χ1) is 8.42. The molecule has 0 N–H and O–H groups in total. The lowest BCUT2D eigenvalue weighted by Crippen LogP contribution is -2.14. The van der Waals surface area contributed by atoms with Crippen LogP contribution < -0.4 is 0 Å². The van der Waals surface area contributed by atoms with E-state index >= 15 is 0 Å². The lowest BCUT2D eigenvalue weighted by atomic mass is 10.1. The Hall–Kier alpha value is -0.470. The Balaban J connectivity index is 1.43. The SMILES string of the molecule is c1ccc2c(c1)CC(COCC1CCCC1)S2. The number of hydrogen-bond donors (Lipinski definition) is 0. The van der Waals surface area contributed by atoms with Crippen molar-refractivity contribution < 1.29 is 4.74 Å². The van der Waals surface area contributed by atoms with E-state index in [1.165, 1.54) is 42.6 Å². The Bertz CT molecular complexity index is 346. The van der Waals surface area contributed by atoms with Crippen molar-refractivity contribution in [2.75, 3.05) is 13.2 Å². The van der Waals surface area contributed by atoms with Crippen molar-refractivity contribution >= 4 is 11.8 Å². The van der Waals surface area contributed by atoms with Crippen molar-refractivity contribution in [3.05, 3.63) is 29.8 Å². The molecule has 1 unspecified atom stereocenters. The highest BCUT2D eigenvalue weighted by atomic mass is 32.2. The summed E-state index contributed by atoms with van der Waals surface area (Å²) >= 11 is 1.99. The Labute approximate surface area is 108 Å². The van der Waals surface area contributed by atoms with Crippen LogP contribution in [0.4, 0.5) is 0 Å². The van der Waals surface area contributed by atoms with Gasteiger partial charge in [-0.1, -0.05) is 31.0 Å². The van der Waals surface area contributed by atoms with E-state index in [-0.39, 0.29) is 0 Å². The largest absolute Gasteiger partial charge is 0.380 e. The van der Waals surface area contributed by atoms with E-state index in [1.807, 2.05) is 11.8 Å². The molecule has 17 heavy (non-hydrogen) atoms. The summed E-state index contributed by atoms with van der Waals surface area (Å²) in [6.45, 7) is 1.92. The first kappa shape index (κ1) is 11.6. The molecule has 2 aliphatic rings. The highest BCUT2D eigenvalue weighted by molar-refractivity contribution is 8.00. The Kier molecular flexibility index (Phi) is 3.72. The van der Waals surface area contributed by atoms with Crippen LogP contribution in [0.3, 0.4) is 0 Å². The Morgan fingerprint density at radius 1 is 1.12 bits per heavy atom. The first-order valence-corrected chi connectivity index (χ1v) is 7.62. The van der Waals surface area contributed by atoms with E-state index in [2.05, 4.69) is 24.3 Å². The van der Waals surface area contributed by atoms with Gasteiger partial charge in [-0.15, -0.1) is 11.8 Å². The maximum atomic E-state index is 5.91. The molecule has 0 aromatic heterocycles. The molecule has 1 fully saturated rings. The summed E-state index contributed by atoms with van der Waals surface area (Å²) in [6.07, 6.45) is 6.79. The van der Waals surface area contributed by atoms with Crippen molar-refractivity contribution in [1.29, 1.82) is 0 Å². The number of rotatable bonds is 4. The quantitative estimate of drug-likeness (QED) is 0.799. The highest BCUT2D eigenvalue weighted by Crippen LogP contribution is 2.37. The van der Waals surface area contributed by atoms with Crippen molar-refractivity contribution in [3.8, 4) is 0 Å². The van der Waals surface area contributed by atoms with Crippen LogP contribution in [0.25, 0.3) is 0 Å². The summed E-state index contributed by atoms with van der Waals surface area (Å²) in [5.41, 5.74) is 1.51. The lowest BCUT2D eigenvalue weighted by molar-refractivity contribution is 0.103. The van der Waals surface area contributed by atoms with E-state index in [9.17, 15) is 0 Å². The van der Waals surface area contributed by atoms with Crippen LogP contribution in [0, 0.1) is 5.92 Å². The molecule has 1 nitrogen and oxygen atoms in total. The summed E-state index contributed by atoms with van der Waals surface area (Å²) in [7, 11) is 0. The maximum Gasteiger partial charge on any atom is 0.0591 e. The zero-order chi connectivity index (χ0) is 11.5. The van der Waals surface area contributed by atoms with E-state index in [0.717, 1.165) is 19.1 Å². The molecule has 1 saturated carbocycles. The molecule has 0 saturated heterocycles. The van der Waals surface area contributed by atoms with Gasteiger partial charge in [-0.3, -0.25) is 0 Å². The minimum atomic E-state index is 0.647. The van der Waals surface area contributed by atoms with Crippen LogP contribution in [-0.2, 0) is 11.2 Å². The van der Waals surface area contributed by atoms with Crippen molar-refractivity contribution in [3.63, 3.8) is 0 Å². The van der Waals surface area contributed by atoms with Crippen LogP contribution >= 0.6 is 11.8 Å². The molecule has 0 amide bonds. The average Bonchev–Trinajstić information content (AvgIpc) is 2.96. The van der Waals surface area contributed by atoms with Gasteiger partial charge in [0.25, 0.3) is 0 Å². The van der Waals surface area contributed by atoms with E-state index < -0.39 is 0 Å². The highest BCUT2D eigenvalue weighted by Gasteiger charge is 2.22. The molecular formula is C15H20OS. The smallest absolute Gasteiger partial charge is 0.0591 e. The van der Waals surface area contributed by atoms with Gasteiger partial charge in [-0.05, 0) is 36.8 Å². The van der Waals surface area contributed by atoms with Gasteiger partial charge in [0, 0.05) is 16.8 Å². The maximum absolute atomic E-state index is 5.91. The van der Waals surface area contributed by atoms with Crippen LogP contribution in [-0.4, -0.2) is 18.5 Å². The Morgan fingerprint density at radius 3 is 2.76 bits per heavy atom. The molecular weight excluding hydrogens is 228 g/mol. The van der Waals surface area contributed by atoms with Crippen LogP contribution in [0.5, 0.6) is 0 Å². The minimum absolute atomic E-state index is 0.647. The van der Waals surface area contributed by atoms with Crippen LogP contribution in [0.1, 0.15) is 31.2 Å². The molecule has 92 valence electrons. The van der Waals surface area contributed by atoms with E-state index in [0.29, 0.717) is 5.25 Å². The van der Waals surface area contributed by atoms with Crippen molar-refractivity contribution in [2.45, 2.75) is 42.2 Å². The second-order valence-corrected chi connectivity index (χ2v) is 6.58. The third-order valence-electron chi connectivity index (χ3n) is 3.85. The molecule has 0 radical (unpaired) electrons. The molecule has 1 aliphatic heterocycles. The van der Waals surface area contributed by atoms with Crippen LogP contribution in [0.2, 0.25) is 0 Å². The number of hydrogen-bond acceptors (Lipinski definition) is 2. The summed E-state index contributed by atoms with van der Waals surface area (Å²) in [6, 6.07) is 8.75. The fourth-order valence-electron chi connectivity index (χ4n) is 2.89. The fraction of sp³-hybridized carbons (Fsp3) is 0.600. The van der Waals surface area contributed by atoms with Crippen molar-refractivity contribution in [1.82, 2.24) is 0 Å². The lowest BCUT2D eigenvalue weighted by Gasteiger charge is -2.13. The zero-order valence-electron chi connectivity index (χ0n) is 10.2. The van der Waals surface area contributed by atoms with Gasteiger partial charge < -0.3 is 4.74 Å². The fourth-order valence-corrected chi connectivity index (χ4v) is 4.14. The molecule has 1 aromatic rings. The third-order valence-corrected chi connectivity index (χ3v) is 5.13. The summed E-state index contributed by atoms with van der Waals surface area (Å²) in [5, 5.41) is 0.647. The summed E-state index contributed by atoms with van der Waals surface area (Å²) in [4.78, 5) is 1.46. The number of ether oxygens (including phenoxy) is 1. The monoisotopic (exact) mass is 248 g/mol. The molecule has 0 spiro atoms. The van der Waals surface area contributed by atoms with Crippen molar-refractivity contribution in [2.24, 2.45) is 5.92 Å². The van der Waals surface area contributed by atoms with Gasteiger partial charge >= 0.3 is 0 Å². The Morgan fingerprint density at radius 2 is 1.94 bits per heavy atom. The minimum Gasteiger partial charge on any atom is -0.380 e. The topological polar surface area (TPSA) is 9.23 Å². The molecule has 0 bridgehead atoms. The zero-order valence-corrected chi connectivity index (χ0v) is 11.0. The molecule has 1 aromatic carbocycles. The van der Waals surface area contributed by atoms with Crippen LogP contribution in [0.15, 0.2) is 29.2 Å². The second-order valence-electron chi connectivity index (χ2n) is 5.24. The van der Waals surface area contributed by atoms with Gasteiger partial charge in [0.05, 0.1) is 6.61 Å². The van der Waals surface area contributed by atoms with Gasteiger partial charge in [-0.25, -0.2) is 0 Å². The van der Waals surface area contributed by atoms with Gasteiger partial charge in [-0.2, -0.15) is 0 Å². The van der Waals surface area contributed by atoms with E-state index in [4.69, 9.17) is 4.74 Å². The standard InChI is InChI=1S/C15H20OS/c1-2-6-12(5-1)10-16-11-14-9-13-7-3-4-8-15(13)17-14/h3-4,7-8,12,14H,1-2,5-6,9-11H2. The molecule has 1 heterocycles. The molecule has 2 heteroatoms. The molecule has 1 atom stereocenters. The predicted octanol–water partition coefficient (Wildman–Crippen LogP) is 3.91. The van der Waals surface area contributed by atoms with Gasteiger partial charge in [0.2, 0.25) is 0 Å². The van der Waals surface area contributed by atoms with E-state index in [1.54, 1.807) is 0 Å². The first-order valence-electron chi connectivity index (χ1n) is 6.74. The number of benzene rings is 1. The summed E-state index contributed by atoms with van der Waals surface area (Å²) in [5.74, 6) is 0.851. The molecule has 1 aliphatic carbocycles. The van der Waals surface area contributed by atoms with Gasteiger partial charge in [0.15, 0.2) is 0 Å². The summed E-state index contributed by atoms with van der Waals surface area (Å²) < 4.78 is 5.91. The number of fused-ring (bicyclic) bond motifs is 1. The predicted molar refractivity (Wildman–Crippen MR) is 72.6 cm³/mol. The molecule has 3 rings (SSSR count). The average molecular weight is 248 g/mol. The second kappa shape index (κ2) is 5.45. The number of thioether (sulfide) groups is 1.